The van der Waals surface area contributed by atoms with Crippen molar-refractivity contribution in [3.8, 4) is 11.1 Å². The van der Waals surface area contributed by atoms with Crippen molar-refractivity contribution >= 4 is 0 Å². The van der Waals surface area contributed by atoms with Crippen molar-refractivity contribution in [1.82, 2.24) is 0 Å². The summed E-state index contributed by atoms with van der Waals surface area (Å²) < 4.78 is 2.09. The fourth-order valence-electron chi connectivity index (χ4n) is 1.50. The second-order valence-electron chi connectivity index (χ2n) is 3.36. The number of hydrogen-bond donors (Lipinski definition) is 0. The largest absolute Gasteiger partial charge is 1.00 e. The molecule has 2 nitrogen and oxygen atoms in total. The van der Waals surface area contributed by atoms with Crippen molar-refractivity contribution in [2.45, 2.75) is 6.54 Å². The van der Waals surface area contributed by atoms with Gasteiger partial charge in [-0.05, 0) is 17.2 Å². The molecule has 17 heavy (non-hydrogen) atoms. The molecule has 0 saturated heterocycles. The fourth-order valence-corrected chi connectivity index (χ4v) is 1.50. The van der Waals surface area contributed by atoms with Crippen LogP contribution in [-0.4, -0.2) is 0 Å². The molecule has 4 heteroatoms. The Morgan fingerprint density at radius 3 is 2.06 bits per heavy atom. The number of rotatable bonds is 3. The molecule has 0 atom stereocenters. The second-order valence-corrected chi connectivity index (χ2v) is 3.36. The fraction of sp³-hybridized carbons (Fsp3) is 0.0769. The molecular formula is C13H14Br2N2. The van der Waals surface area contributed by atoms with Crippen molar-refractivity contribution in [3.05, 3.63) is 61.7 Å². The summed E-state index contributed by atoms with van der Waals surface area (Å²) in [4.78, 5) is 3.02. The van der Waals surface area contributed by atoms with Gasteiger partial charge < -0.3 is 34.0 Å². The van der Waals surface area contributed by atoms with Gasteiger partial charge in [-0.2, -0.15) is 0 Å². The topological polar surface area (TPSA) is 18.0 Å². The molecule has 1 N–H and O–H groups in total. The van der Waals surface area contributed by atoms with Gasteiger partial charge >= 0.3 is 0 Å². The average molecular weight is 358 g/mol. The number of aromatic amines is 1. The van der Waals surface area contributed by atoms with Gasteiger partial charge in [-0.25, -0.2) is 9.55 Å². The molecule has 0 bridgehead atoms. The number of aromatic nitrogens is 2. The van der Waals surface area contributed by atoms with E-state index in [1.165, 1.54) is 11.1 Å². The zero-order chi connectivity index (χ0) is 10.5. The maximum absolute atomic E-state index is 3.71. The summed E-state index contributed by atoms with van der Waals surface area (Å²) in [6.45, 7) is 4.56. The van der Waals surface area contributed by atoms with Gasteiger partial charge in [0.1, 0.15) is 0 Å². The third kappa shape index (κ3) is 4.40. The van der Waals surface area contributed by atoms with Crippen LogP contribution in [0.5, 0.6) is 0 Å². The Balaban J connectivity index is 0.00000128. The molecule has 2 rings (SSSR count). The molecule has 0 aromatic carbocycles. The maximum atomic E-state index is 3.71. The van der Waals surface area contributed by atoms with Crippen LogP contribution in [0.25, 0.3) is 11.1 Å². The zero-order valence-corrected chi connectivity index (χ0v) is 12.5. The summed E-state index contributed by atoms with van der Waals surface area (Å²) in [7, 11) is 0. The van der Waals surface area contributed by atoms with Gasteiger partial charge in [0.05, 0.1) is 0 Å². The number of pyridine rings is 2. The summed E-state index contributed by atoms with van der Waals surface area (Å²) >= 11 is 0. The number of H-pyrrole nitrogens is 1. The Morgan fingerprint density at radius 1 is 1.00 bits per heavy atom. The van der Waals surface area contributed by atoms with Gasteiger partial charge in [-0.3, -0.25) is 0 Å². The van der Waals surface area contributed by atoms with Crippen molar-refractivity contribution in [2.24, 2.45) is 0 Å². The van der Waals surface area contributed by atoms with Crippen LogP contribution in [0.1, 0.15) is 0 Å². The SMILES string of the molecule is C=CC[n+]1ccc(-c2cc[nH+]cc2)cc1.[Br-].[Br-]. The highest BCUT2D eigenvalue weighted by Gasteiger charge is 2.01. The van der Waals surface area contributed by atoms with Crippen LogP contribution in [0, 0.1) is 0 Å². The lowest BCUT2D eigenvalue weighted by atomic mass is 10.1. The van der Waals surface area contributed by atoms with E-state index in [2.05, 4.69) is 52.8 Å². The lowest BCUT2D eigenvalue weighted by Gasteiger charge is -1.97. The number of nitrogens with zero attached hydrogens (tertiary/aromatic N) is 1. The Morgan fingerprint density at radius 2 is 1.53 bits per heavy atom. The van der Waals surface area contributed by atoms with E-state index < -0.39 is 0 Å². The monoisotopic (exact) mass is 356 g/mol. The summed E-state index contributed by atoms with van der Waals surface area (Å²) in [6.07, 6.45) is 9.87. The molecule has 0 fully saturated rings. The van der Waals surface area contributed by atoms with Crippen LogP contribution >= 0.6 is 0 Å². The van der Waals surface area contributed by atoms with Crippen LogP contribution in [0.4, 0.5) is 0 Å². The predicted molar refractivity (Wildman–Crippen MR) is 58.8 cm³/mol. The van der Waals surface area contributed by atoms with Crippen LogP contribution in [-0.2, 0) is 6.54 Å². The van der Waals surface area contributed by atoms with E-state index in [9.17, 15) is 0 Å². The third-order valence-corrected chi connectivity index (χ3v) is 2.28. The van der Waals surface area contributed by atoms with E-state index >= 15 is 0 Å². The van der Waals surface area contributed by atoms with Gasteiger partial charge in [0, 0.05) is 24.3 Å². The van der Waals surface area contributed by atoms with Gasteiger partial charge in [0.25, 0.3) is 0 Å². The molecule has 0 radical (unpaired) electrons. The Bertz CT molecular complexity index is 441. The van der Waals surface area contributed by atoms with Crippen LogP contribution < -0.4 is 43.5 Å². The van der Waals surface area contributed by atoms with Gasteiger partial charge in [0.2, 0.25) is 0 Å². The minimum Gasteiger partial charge on any atom is -1.00 e. The summed E-state index contributed by atoms with van der Waals surface area (Å²) in [5.41, 5.74) is 2.45. The van der Waals surface area contributed by atoms with Gasteiger partial charge in [-0.15, -0.1) is 0 Å². The van der Waals surface area contributed by atoms with Crippen molar-refractivity contribution < 1.29 is 43.5 Å². The molecule has 2 aromatic heterocycles. The van der Waals surface area contributed by atoms with E-state index in [-0.39, 0.29) is 34.0 Å². The number of nitrogens with one attached hydrogen (secondary N) is 1. The predicted octanol–water partition coefficient (Wildman–Crippen LogP) is -4.35. The van der Waals surface area contributed by atoms with Gasteiger partial charge in [0.15, 0.2) is 31.3 Å². The number of halogens is 2. The molecule has 2 heterocycles. The molecule has 0 aliphatic carbocycles. The van der Waals surface area contributed by atoms with E-state index in [1.807, 2.05) is 18.5 Å². The summed E-state index contributed by atoms with van der Waals surface area (Å²) in [5, 5.41) is 0. The number of allylic oxidation sites excluding steroid dienone is 1. The molecule has 0 aliphatic rings. The van der Waals surface area contributed by atoms with Gasteiger partial charge in [-0.1, -0.05) is 6.58 Å². The second kappa shape index (κ2) is 8.14. The first kappa shape index (κ1) is 16.0. The minimum atomic E-state index is 0. The lowest BCUT2D eigenvalue weighted by molar-refractivity contribution is -0.686. The standard InChI is InChI=1S/C13H13N2.2BrH/c1-2-9-15-10-5-13(6-11-15)12-3-7-14-8-4-12;;/h2-8,10-11H,1,9H2;2*1H/q+1;;/p-1. The van der Waals surface area contributed by atoms with Crippen molar-refractivity contribution in [2.75, 3.05) is 0 Å². The Labute approximate surface area is 123 Å². The highest BCUT2D eigenvalue weighted by molar-refractivity contribution is 5.60. The molecule has 0 spiro atoms. The number of hydrogen-bond acceptors (Lipinski definition) is 0. The highest BCUT2D eigenvalue weighted by atomic mass is 79.9. The first-order valence-electron chi connectivity index (χ1n) is 4.96. The van der Waals surface area contributed by atoms with Crippen molar-refractivity contribution in [1.29, 1.82) is 0 Å². The molecule has 0 unspecified atom stereocenters. The van der Waals surface area contributed by atoms with Crippen molar-refractivity contribution in [3.63, 3.8) is 0 Å². The first-order valence-corrected chi connectivity index (χ1v) is 4.96. The van der Waals surface area contributed by atoms with Crippen LogP contribution in [0.15, 0.2) is 61.7 Å². The van der Waals surface area contributed by atoms with E-state index in [0.717, 1.165) is 6.54 Å². The molecule has 90 valence electrons. The van der Waals surface area contributed by atoms with E-state index in [1.54, 1.807) is 0 Å². The quantitative estimate of drug-likeness (QED) is 0.390. The smallest absolute Gasteiger partial charge is 0.169 e. The maximum Gasteiger partial charge on any atom is 0.169 e. The highest BCUT2D eigenvalue weighted by Crippen LogP contribution is 2.14. The van der Waals surface area contributed by atoms with E-state index in [4.69, 9.17) is 0 Å². The molecule has 0 aliphatic heterocycles. The first-order chi connectivity index (χ1) is 7.40. The lowest BCUT2D eigenvalue weighted by Crippen LogP contribution is -3.00. The van der Waals surface area contributed by atoms with E-state index in [0.29, 0.717) is 0 Å². The Hall–Kier alpha value is -1.00. The summed E-state index contributed by atoms with van der Waals surface area (Å²) in [5.74, 6) is 0. The molecule has 0 saturated carbocycles. The zero-order valence-electron chi connectivity index (χ0n) is 9.31. The van der Waals surface area contributed by atoms with Crippen LogP contribution in [0.3, 0.4) is 0 Å². The molecular weight excluding hydrogens is 344 g/mol. The third-order valence-electron chi connectivity index (χ3n) is 2.28. The molecule has 2 aromatic rings. The normalized spacial score (nSPS) is 8.71. The molecule has 0 amide bonds. The van der Waals surface area contributed by atoms with Crippen LogP contribution in [0.2, 0.25) is 0 Å². The summed E-state index contributed by atoms with van der Waals surface area (Å²) in [6, 6.07) is 8.35. The average Bonchev–Trinajstić information content (AvgIpc) is 2.32. The minimum absolute atomic E-state index is 0. The Kier molecular flexibility index (Phi) is 7.66.